The molecule has 0 bridgehead atoms. The van der Waals surface area contributed by atoms with Crippen LogP contribution in [-0.4, -0.2) is 29.4 Å². The van der Waals surface area contributed by atoms with Crippen molar-refractivity contribution >= 4 is 29.1 Å². The van der Waals surface area contributed by atoms with E-state index in [1.165, 1.54) is 6.07 Å². The van der Waals surface area contributed by atoms with Crippen molar-refractivity contribution in [2.45, 2.75) is 18.0 Å². The van der Waals surface area contributed by atoms with Gasteiger partial charge < -0.3 is 4.90 Å². The Kier molecular flexibility index (Phi) is 4.86. The second-order valence-electron chi connectivity index (χ2n) is 10.0. The van der Waals surface area contributed by atoms with Gasteiger partial charge in [-0.1, -0.05) is 103 Å². The molecule has 0 saturated carbocycles. The maximum absolute atomic E-state index is 15.7. The number of para-hydroxylation sites is 1. The number of rotatable bonds is 3. The van der Waals surface area contributed by atoms with E-state index in [1.807, 2.05) is 47.4 Å². The van der Waals surface area contributed by atoms with Gasteiger partial charge in [0.15, 0.2) is 17.3 Å². The molecule has 4 aromatic rings. The Morgan fingerprint density at radius 2 is 1.34 bits per heavy atom. The highest BCUT2D eigenvalue weighted by molar-refractivity contribution is 6.32. The van der Waals surface area contributed by atoms with Crippen LogP contribution in [0.25, 0.3) is 6.08 Å². The van der Waals surface area contributed by atoms with Gasteiger partial charge >= 0.3 is 0 Å². The van der Waals surface area contributed by atoms with Gasteiger partial charge in [0.25, 0.3) is 0 Å². The standard InChI is InChI=1S/C33H22FNO3/c34-25-16-8-7-15-24(25)28-29(30(36)21-11-2-1-3-12-21)35-26-17-9-4-10-20(26)18-19-27(35)33(28)31(37)22-13-5-6-14-23(22)32(33)38/h1-19,27-29H/t27?,28-,29+/m0/s1. The van der Waals surface area contributed by atoms with Crippen molar-refractivity contribution < 1.29 is 18.8 Å². The van der Waals surface area contributed by atoms with Crippen molar-refractivity contribution in [1.29, 1.82) is 0 Å². The predicted molar refractivity (Wildman–Crippen MR) is 143 cm³/mol. The minimum atomic E-state index is -1.70. The Morgan fingerprint density at radius 3 is 2.05 bits per heavy atom. The molecule has 3 atom stereocenters. The first-order chi connectivity index (χ1) is 18.5. The number of hydrogen-bond acceptors (Lipinski definition) is 4. The monoisotopic (exact) mass is 499 g/mol. The number of carbonyl (C=O) groups excluding carboxylic acids is 3. The van der Waals surface area contributed by atoms with Crippen LogP contribution in [0.1, 0.15) is 48.1 Å². The van der Waals surface area contributed by atoms with Gasteiger partial charge in [-0.2, -0.15) is 0 Å². The molecule has 0 radical (unpaired) electrons. The molecule has 5 heteroatoms. The number of fused-ring (bicyclic) bond motifs is 5. The lowest BCUT2D eigenvalue weighted by Crippen LogP contribution is -2.48. The number of nitrogens with zero attached hydrogens (tertiary/aromatic N) is 1. The first-order valence-corrected chi connectivity index (χ1v) is 12.6. The second-order valence-corrected chi connectivity index (χ2v) is 10.0. The molecule has 0 amide bonds. The lowest BCUT2D eigenvalue weighted by molar-refractivity contribution is 0.0664. The molecule has 1 unspecified atom stereocenters. The number of anilines is 1. The third-order valence-electron chi connectivity index (χ3n) is 8.28. The zero-order chi connectivity index (χ0) is 26.0. The number of Topliss-reactive ketones (excluding diaryl/α,β-unsaturated/α-hetero) is 3. The van der Waals surface area contributed by atoms with Crippen molar-refractivity contribution in [2.75, 3.05) is 4.90 Å². The predicted octanol–water partition coefficient (Wildman–Crippen LogP) is 6.14. The van der Waals surface area contributed by atoms with E-state index in [2.05, 4.69) is 0 Å². The van der Waals surface area contributed by atoms with E-state index in [4.69, 9.17) is 0 Å². The molecule has 1 spiro atoms. The van der Waals surface area contributed by atoms with Crippen LogP contribution in [-0.2, 0) is 0 Å². The summed E-state index contributed by atoms with van der Waals surface area (Å²) < 4.78 is 15.7. The molecule has 1 aliphatic carbocycles. The second kappa shape index (κ2) is 8.18. The molecule has 0 N–H and O–H groups in total. The SMILES string of the molecule is O=C(c1ccccc1)[C@H]1[C@H](c2ccccc2F)C2(C(=O)c3ccccc3C2=O)C2C=Cc3ccccc3N21. The molecular formula is C33H22FNO3. The lowest BCUT2D eigenvalue weighted by atomic mass is 9.64. The highest BCUT2D eigenvalue weighted by Crippen LogP contribution is 2.61. The molecular weight excluding hydrogens is 477 g/mol. The number of benzene rings is 4. The van der Waals surface area contributed by atoms with Crippen LogP contribution >= 0.6 is 0 Å². The van der Waals surface area contributed by atoms with E-state index in [0.29, 0.717) is 16.7 Å². The molecule has 184 valence electrons. The van der Waals surface area contributed by atoms with E-state index in [1.54, 1.807) is 66.7 Å². The van der Waals surface area contributed by atoms with E-state index < -0.39 is 29.2 Å². The fraction of sp³-hybridized carbons (Fsp3) is 0.121. The summed E-state index contributed by atoms with van der Waals surface area (Å²) in [6, 6.07) is 27.6. The van der Waals surface area contributed by atoms with Gasteiger partial charge in [-0.15, -0.1) is 0 Å². The quantitative estimate of drug-likeness (QED) is 0.251. The number of ketones is 3. The Hall–Kier alpha value is -4.64. The molecule has 4 nitrogen and oxygen atoms in total. The topological polar surface area (TPSA) is 54.5 Å². The Bertz CT molecular complexity index is 1640. The van der Waals surface area contributed by atoms with Crippen LogP contribution in [0.5, 0.6) is 0 Å². The van der Waals surface area contributed by atoms with Crippen LogP contribution in [0.3, 0.4) is 0 Å². The summed E-state index contributed by atoms with van der Waals surface area (Å²) in [7, 11) is 0. The van der Waals surface area contributed by atoms with E-state index >= 15 is 4.39 Å². The first-order valence-electron chi connectivity index (χ1n) is 12.6. The Labute approximate surface area is 219 Å². The van der Waals surface area contributed by atoms with Crippen LogP contribution < -0.4 is 4.90 Å². The zero-order valence-electron chi connectivity index (χ0n) is 20.3. The third kappa shape index (κ3) is 2.81. The summed E-state index contributed by atoms with van der Waals surface area (Å²) in [5.41, 5.74) is 1.18. The number of hydrogen-bond donors (Lipinski definition) is 0. The molecule has 2 aliphatic heterocycles. The summed E-state index contributed by atoms with van der Waals surface area (Å²) in [5, 5.41) is 0. The molecule has 38 heavy (non-hydrogen) atoms. The lowest BCUT2D eigenvalue weighted by Gasteiger charge is -2.37. The molecule has 4 aromatic carbocycles. The summed E-state index contributed by atoms with van der Waals surface area (Å²) in [6.45, 7) is 0. The van der Waals surface area contributed by atoms with Crippen molar-refractivity contribution in [3.63, 3.8) is 0 Å². The highest BCUT2D eigenvalue weighted by Gasteiger charge is 2.71. The molecule has 0 aromatic heterocycles. The molecule has 2 heterocycles. The van der Waals surface area contributed by atoms with Crippen molar-refractivity contribution in [2.24, 2.45) is 5.41 Å². The van der Waals surface area contributed by atoms with Crippen LogP contribution in [0.2, 0.25) is 0 Å². The zero-order valence-corrected chi connectivity index (χ0v) is 20.3. The van der Waals surface area contributed by atoms with E-state index in [0.717, 1.165) is 11.3 Å². The van der Waals surface area contributed by atoms with Gasteiger partial charge in [-0.05, 0) is 23.3 Å². The molecule has 1 saturated heterocycles. The Balaban J connectivity index is 1.57. The highest BCUT2D eigenvalue weighted by atomic mass is 19.1. The van der Waals surface area contributed by atoms with Crippen LogP contribution in [0, 0.1) is 11.2 Å². The summed E-state index contributed by atoms with van der Waals surface area (Å²) in [6.07, 6.45) is 3.74. The van der Waals surface area contributed by atoms with Gasteiger partial charge in [0, 0.05) is 28.3 Å². The summed E-state index contributed by atoms with van der Waals surface area (Å²) in [4.78, 5) is 45.3. The van der Waals surface area contributed by atoms with Crippen molar-refractivity contribution in [1.82, 2.24) is 0 Å². The normalized spacial score (nSPS) is 22.3. The van der Waals surface area contributed by atoms with Crippen molar-refractivity contribution in [3.8, 4) is 0 Å². The van der Waals surface area contributed by atoms with Crippen LogP contribution in [0.4, 0.5) is 10.1 Å². The third-order valence-corrected chi connectivity index (χ3v) is 8.28. The smallest absolute Gasteiger partial charge is 0.185 e. The fourth-order valence-corrected chi connectivity index (χ4v) is 6.76. The van der Waals surface area contributed by atoms with Gasteiger partial charge in [-0.3, -0.25) is 14.4 Å². The maximum atomic E-state index is 15.7. The fourth-order valence-electron chi connectivity index (χ4n) is 6.76. The first kappa shape index (κ1) is 22.5. The van der Waals surface area contributed by atoms with Gasteiger partial charge in [-0.25, -0.2) is 4.39 Å². The van der Waals surface area contributed by atoms with E-state index in [9.17, 15) is 14.4 Å². The number of carbonyl (C=O) groups is 3. The van der Waals surface area contributed by atoms with Gasteiger partial charge in [0.1, 0.15) is 17.3 Å². The molecule has 7 rings (SSSR count). The minimum Gasteiger partial charge on any atom is -0.352 e. The average Bonchev–Trinajstić information content (AvgIpc) is 3.39. The largest absolute Gasteiger partial charge is 0.352 e. The minimum absolute atomic E-state index is 0.191. The summed E-state index contributed by atoms with van der Waals surface area (Å²) in [5.74, 6) is -2.59. The Morgan fingerprint density at radius 1 is 0.737 bits per heavy atom. The average molecular weight is 500 g/mol. The molecule has 3 aliphatic rings. The maximum Gasteiger partial charge on any atom is 0.185 e. The molecule has 1 fully saturated rings. The van der Waals surface area contributed by atoms with E-state index in [-0.39, 0.29) is 22.9 Å². The van der Waals surface area contributed by atoms with Crippen LogP contribution in [0.15, 0.2) is 109 Å². The van der Waals surface area contributed by atoms with Gasteiger partial charge in [0.05, 0.1) is 6.04 Å². The summed E-state index contributed by atoms with van der Waals surface area (Å²) >= 11 is 0. The number of halogens is 1. The van der Waals surface area contributed by atoms with Crippen molar-refractivity contribution in [3.05, 3.63) is 143 Å². The van der Waals surface area contributed by atoms with Gasteiger partial charge in [0.2, 0.25) is 0 Å².